The van der Waals surface area contributed by atoms with Crippen molar-refractivity contribution >= 4 is 24.8 Å². The Morgan fingerprint density at radius 2 is 1.46 bits per heavy atom. The zero-order chi connectivity index (χ0) is 15.6. The highest BCUT2D eigenvalue weighted by Gasteiger charge is 2.10. The number of benzene rings is 2. The summed E-state index contributed by atoms with van der Waals surface area (Å²) in [6.07, 6.45) is 1.04. The predicted molar refractivity (Wildman–Crippen MR) is 106 cm³/mol. The molecule has 24 heavy (non-hydrogen) atoms. The van der Waals surface area contributed by atoms with E-state index >= 15 is 0 Å². The molecule has 2 rings (SSSR count). The molecular formula is C19H28Cl2N2O. The van der Waals surface area contributed by atoms with Crippen LogP contribution in [-0.4, -0.2) is 42.8 Å². The molecule has 0 aliphatic carbocycles. The molecule has 0 heterocycles. The summed E-state index contributed by atoms with van der Waals surface area (Å²) in [5, 5.41) is 13.0. The first-order valence-electron chi connectivity index (χ1n) is 7.88. The van der Waals surface area contributed by atoms with Crippen LogP contribution in [0.4, 0.5) is 0 Å². The molecule has 134 valence electrons. The van der Waals surface area contributed by atoms with Crippen LogP contribution in [0.1, 0.15) is 11.1 Å². The zero-order valence-electron chi connectivity index (χ0n) is 14.1. The Morgan fingerprint density at radius 1 is 0.917 bits per heavy atom. The van der Waals surface area contributed by atoms with Gasteiger partial charge in [-0.2, -0.15) is 0 Å². The zero-order valence-corrected chi connectivity index (χ0v) is 15.7. The van der Waals surface area contributed by atoms with E-state index in [2.05, 4.69) is 53.7 Å². The molecule has 0 aromatic heterocycles. The highest BCUT2D eigenvalue weighted by Crippen LogP contribution is 2.02. The first-order chi connectivity index (χ1) is 10.8. The Hall–Kier alpha value is -1.10. The van der Waals surface area contributed by atoms with E-state index in [4.69, 9.17) is 0 Å². The summed E-state index contributed by atoms with van der Waals surface area (Å²) in [7, 11) is 2.11. The van der Waals surface area contributed by atoms with E-state index in [1.54, 1.807) is 0 Å². The van der Waals surface area contributed by atoms with Gasteiger partial charge in [-0.25, -0.2) is 0 Å². The lowest BCUT2D eigenvalue weighted by molar-refractivity contribution is 0.198. The van der Waals surface area contributed by atoms with Crippen molar-refractivity contribution in [1.29, 1.82) is 0 Å². The number of nitrogens with zero attached hydrogens (tertiary/aromatic N) is 1. The molecule has 0 aliphatic rings. The fraction of sp³-hybridized carbons (Fsp3) is 0.368. The van der Waals surface area contributed by atoms with Gasteiger partial charge < -0.3 is 15.3 Å². The number of likely N-dealkylation sites (N-methyl/N-ethyl adjacent to an activating group) is 1. The van der Waals surface area contributed by atoms with Crippen molar-refractivity contribution in [2.45, 2.75) is 19.0 Å². The van der Waals surface area contributed by atoms with Crippen LogP contribution in [0.15, 0.2) is 60.7 Å². The lowest BCUT2D eigenvalue weighted by Gasteiger charge is -2.23. The second-order valence-corrected chi connectivity index (χ2v) is 5.74. The summed E-state index contributed by atoms with van der Waals surface area (Å²) in [5.74, 6) is 0. The summed E-state index contributed by atoms with van der Waals surface area (Å²) in [5.41, 5.74) is 2.60. The second kappa shape index (κ2) is 13.2. The van der Waals surface area contributed by atoms with Crippen LogP contribution in [-0.2, 0) is 13.0 Å². The van der Waals surface area contributed by atoms with E-state index in [0.29, 0.717) is 0 Å². The van der Waals surface area contributed by atoms with Crippen molar-refractivity contribution in [1.82, 2.24) is 10.2 Å². The number of aliphatic hydroxyl groups is 1. The van der Waals surface area contributed by atoms with Crippen molar-refractivity contribution in [3.63, 3.8) is 0 Å². The van der Waals surface area contributed by atoms with Crippen LogP contribution in [0.3, 0.4) is 0 Å². The number of halogens is 2. The molecule has 0 amide bonds. The molecule has 0 aliphatic heterocycles. The van der Waals surface area contributed by atoms with Crippen molar-refractivity contribution < 1.29 is 5.11 Å². The van der Waals surface area contributed by atoms with Crippen LogP contribution in [0, 0.1) is 0 Å². The maximum absolute atomic E-state index is 9.55. The first-order valence-corrected chi connectivity index (χ1v) is 7.88. The van der Waals surface area contributed by atoms with Crippen molar-refractivity contribution in [3.8, 4) is 0 Å². The molecule has 5 heteroatoms. The van der Waals surface area contributed by atoms with Gasteiger partial charge in [-0.1, -0.05) is 60.7 Å². The van der Waals surface area contributed by atoms with Crippen LogP contribution in [0.2, 0.25) is 0 Å². The number of hydrogen-bond acceptors (Lipinski definition) is 3. The van der Waals surface area contributed by atoms with Gasteiger partial charge in [0, 0.05) is 25.7 Å². The molecule has 1 unspecified atom stereocenters. The molecule has 1 atom stereocenters. The molecule has 0 saturated carbocycles. The molecule has 0 saturated heterocycles. The van der Waals surface area contributed by atoms with E-state index in [-0.39, 0.29) is 37.5 Å². The summed E-state index contributed by atoms with van der Waals surface area (Å²) in [6, 6.07) is 20.9. The fourth-order valence-corrected chi connectivity index (χ4v) is 2.48. The van der Waals surface area contributed by atoms with Gasteiger partial charge in [-0.05, 0) is 24.6 Å². The minimum atomic E-state index is 0. The maximum Gasteiger partial charge on any atom is 0.0597 e. The topological polar surface area (TPSA) is 35.5 Å². The van der Waals surface area contributed by atoms with Gasteiger partial charge in [0.2, 0.25) is 0 Å². The molecule has 2 aromatic carbocycles. The van der Waals surface area contributed by atoms with E-state index in [9.17, 15) is 5.11 Å². The maximum atomic E-state index is 9.55. The fourth-order valence-electron chi connectivity index (χ4n) is 2.48. The Kier molecular flexibility index (Phi) is 12.6. The van der Waals surface area contributed by atoms with E-state index in [1.165, 1.54) is 11.1 Å². The molecule has 2 N–H and O–H groups in total. The smallest absolute Gasteiger partial charge is 0.0597 e. The van der Waals surface area contributed by atoms with E-state index in [1.807, 2.05) is 24.3 Å². The largest absolute Gasteiger partial charge is 0.395 e. The highest BCUT2D eigenvalue weighted by molar-refractivity contribution is 5.85. The minimum Gasteiger partial charge on any atom is -0.395 e. The number of nitrogens with one attached hydrogen (secondary N) is 1. The van der Waals surface area contributed by atoms with Crippen LogP contribution in [0.25, 0.3) is 0 Å². The van der Waals surface area contributed by atoms with Gasteiger partial charge in [0.05, 0.1) is 6.61 Å². The molecule has 3 nitrogen and oxygen atoms in total. The summed E-state index contributed by atoms with van der Waals surface area (Å²) >= 11 is 0. The third-order valence-electron chi connectivity index (χ3n) is 3.82. The first kappa shape index (κ1) is 22.9. The van der Waals surface area contributed by atoms with Gasteiger partial charge in [-0.15, -0.1) is 24.8 Å². The average molecular weight is 371 g/mol. The molecule has 0 radical (unpaired) electrons. The van der Waals surface area contributed by atoms with Gasteiger partial charge >= 0.3 is 0 Å². The van der Waals surface area contributed by atoms with Gasteiger partial charge in [0.1, 0.15) is 0 Å². The second-order valence-electron chi connectivity index (χ2n) is 5.74. The van der Waals surface area contributed by atoms with Gasteiger partial charge in [-0.3, -0.25) is 0 Å². The van der Waals surface area contributed by atoms with Crippen molar-refractivity contribution in [2.75, 3.05) is 26.7 Å². The summed E-state index contributed by atoms with van der Waals surface area (Å²) in [4.78, 5) is 2.27. The Labute approximate surface area is 157 Å². The van der Waals surface area contributed by atoms with Crippen molar-refractivity contribution in [3.05, 3.63) is 71.8 Å². The number of rotatable bonds is 9. The lowest BCUT2D eigenvalue weighted by Crippen LogP contribution is -2.42. The highest BCUT2D eigenvalue weighted by atomic mass is 35.5. The quantitative estimate of drug-likeness (QED) is 0.711. The van der Waals surface area contributed by atoms with Crippen LogP contribution < -0.4 is 5.32 Å². The minimum absolute atomic E-state index is 0. The summed E-state index contributed by atoms with van der Waals surface area (Å²) < 4.78 is 0. The Bertz CT molecular complexity index is 525. The molecule has 0 fully saturated rings. The van der Waals surface area contributed by atoms with Gasteiger partial charge in [0.15, 0.2) is 0 Å². The number of hydrogen-bond donors (Lipinski definition) is 2. The molecule has 2 aromatic rings. The Morgan fingerprint density at radius 3 is 2.00 bits per heavy atom. The average Bonchev–Trinajstić information content (AvgIpc) is 2.58. The van der Waals surface area contributed by atoms with Crippen molar-refractivity contribution in [2.24, 2.45) is 0 Å². The molecular weight excluding hydrogens is 343 g/mol. The third-order valence-corrected chi connectivity index (χ3v) is 3.82. The van der Waals surface area contributed by atoms with Gasteiger partial charge in [0.25, 0.3) is 0 Å². The van der Waals surface area contributed by atoms with Crippen LogP contribution in [0.5, 0.6) is 0 Å². The molecule has 0 bridgehead atoms. The molecule has 0 spiro atoms. The Balaban J connectivity index is 0.00000264. The monoisotopic (exact) mass is 370 g/mol. The van der Waals surface area contributed by atoms with E-state index < -0.39 is 0 Å². The lowest BCUT2D eigenvalue weighted by atomic mass is 10.1. The normalized spacial score (nSPS) is 11.5. The van der Waals surface area contributed by atoms with E-state index in [0.717, 1.165) is 26.1 Å². The standard InChI is InChI=1S/C19H26N2O.2ClH/c1-21(13-12-17-8-4-2-5-9-17)15-19(16-22)20-14-18-10-6-3-7-11-18;;/h2-11,19-20,22H,12-16H2,1H3;2*1H. The number of aliphatic hydroxyl groups excluding tert-OH is 1. The third kappa shape index (κ3) is 8.67. The van der Waals surface area contributed by atoms with Crippen LogP contribution >= 0.6 is 24.8 Å². The predicted octanol–water partition coefficient (Wildman–Crippen LogP) is 3.16. The summed E-state index contributed by atoms with van der Waals surface area (Å²) in [6.45, 7) is 2.78. The SMILES string of the molecule is CN(CCc1ccccc1)CC(CO)NCc1ccccc1.Cl.Cl.